The molecular weight excluding hydrogens is 242 g/mol. The summed E-state index contributed by atoms with van der Waals surface area (Å²) in [4.78, 5) is 15.1. The first-order chi connectivity index (χ1) is 9.19. The largest absolute Gasteiger partial charge is 0.393 e. The van der Waals surface area contributed by atoms with E-state index in [1.165, 1.54) is 0 Å². The summed E-state index contributed by atoms with van der Waals surface area (Å²) in [5.74, 6) is 0.456. The second kappa shape index (κ2) is 4.66. The summed E-state index contributed by atoms with van der Waals surface area (Å²) < 4.78 is 1.99. The Labute approximate surface area is 111 Å². The van der Waals surface area contributed by atoms with Gasteiger partial charge in [-0.25, -0.2) is 4.98 Å². The molecule has 0 radical (unpaired) electrons. The maximum absolute atomic E-state index is 10.8. The highest BCUT2D eigenvalue weighted by Gasteiger charge is 2.24. The van der Waals surface area contributed by atoms with Crippen molar-refractivity contribution in [3.8, 4) is 0 Å². The fourth-order valence-corrected chi connectivity index (χ4v) is 2.96. The van der Waals surface area contributed by atoms with E-state index in [4.69, 9.17) is 5.73 Å². The molecule has 19 heavy (non-hydrogen) atoms. The number of aldehydes is 1. The number of hydrogen-bond acceptors (Lipinski definition) is 4. The van der Waals surface area contributed by atoms with Gasteiger partial charge >= 0.3 is 0 Å². The van der Waals surface area contributed by atoms with Gasteiger partial charge in [0.15, 0.2) is 0 Å². The Morgan fingerprint density at radius 2 is 2.26 bits per heavy atom. The molecule has 0 saturated heterocycles. The highest BCUT2D eigenvalue weighted by molar-refractivity contribution is 5.86. The zero-order valence-corrected chi connectivity index (χ0v) is 10.6. The molecule has 1 heterocycles. The minimum Gasteiger partial charge on any atom is -0.393 e. The fourth-order valence-electron chi connectivity index (χ4n) is 2.96. The predicted molar refractivity (Wildman–Crippen MR) is 73.0 cm³/mol. The van der Waals surface area contributed by atoms with Gasteiger partial charge in [-0.05, 0) is 43.9 Å². The number of nitrogen functional groups attached to an aromatic ring is 1. The zero-order chi connectivity index (χ0) is 13.4. The number of nitrogens with zero attached hydrogens (tertiary/aromatic N) is 2. The van der Waals surface area contributed by atoms with Crippen LogP contribution in [-0.4, -0.2) is 27.0 Å². The number of aromatic nitrogens is 2. The van der Waals surface area contributed by atoms with Gasteiger partial charge in [0, 0.05) is 11.6 Å². The van der Waals surface area contributed by atoms with Crippen LogP contribution in [0.3, 0.4) is 0 Å². The quantitative estimate of drug-likeness (QED) is 0.807. The molecule has 1 aliphatic carbocycles. The van der Waals surface area contributed by atoms with Crippen molar-refractivity contribution >= 4 is 23.3 Å². The van der Waals surface area contributed by atoms with Crippen molar-refractivity contribution in [2.75, 3.05) is 5.73 Å². The number of nitrogens with two attached hydrogens (primary N) is 1. The molecule has 0 spiro atoms. The van der Waals surface area contributed by atoms with E-state index in [0.29, 0.717) is 17.9 Å². The number of aliphatic hydroxyl groups is 1. The smallest absolute Gasteiger partial charge is 0.201 e. The van der Waals surface area contributed by atoms with Crippen molar-refractivity contribution in [2.24, 2.45) is 0 Å². The number of hydrogen-bond donors (Lipinski definition) is 2. The topological polar surface area (TPSA) is 81.1 Å². The lowest BCUT2D eigenvalue weighted by Crippen LogP contribution is -2.23. The second-order valence-corrected chi connectivity index (χ2v) is 5.18. The first kappa shape index (κ1) is 12.2. The highest BCUT2D eigenvalue weighted by Crippen LogP contribution is 2.33. The van der Waals surface area contributed by atoms with Crippen LogP contribution >= 0.6 is 0 Å². The molecule has 2 atom stereocenters. The Morgan fingerprint density at radius 1 is 1.42 bits per heavy atom. The lowest BCUT2D eigenvalue weighted by Gasteiger charge is -2.28. The zero-order valence-electron chi connectivity index (χ0n) is 10.6. The van der Waals surface area contributed by atoms with Crippen LogP contribution in [0.1, 0.15) is 42.1 Å². The molecule has 1 aromatic heterocycles. The standard InChI is InChI=1S/C14H17N3O2/c15-14-16-12-6-9(8-18)4-5-13(12)17(14)10-2-1-3-11(19)7-10/h4-6,8,10-11,19H,1-3,7H2,(H2,15,16)/t10-,11+/m0/s1. The Hall–Kier alpha value is -1.88. The summed E-state index contributed by atoms with van der Waals surface area (Å²) in [5.41, 5.74) is 8.27. The third-order valence-electron chi connectivity index (χ3n) is 3.86. The van der Waals surface area contributed by atoms with Gasteiger partial charge in [-0.15, -0.1) is 0 Å². The first-order valence-corrected chi connectivity index (χ1v) is 6.59. The summed E-state index contributed by atoms with van der Waals surface area (Å²) in [7, 11) is 0. The van der Waals surface area contributed by atoms with E-state index in [9.17, 15) is 9.90 Å². The van der Waals surface area contributed by atoms with Crippen LogP contribution in [0, 0.1) is 0 Å². The summed E-state index contributed by atoms with van der Waals surface area (Å²) in [6.45, 7) is 0. The molecule has 3 rings (SSSR count). The third-order valence-corrected chi connectivity index (χ3v) is 3.86. The average Bonchev–Trinajstić information content (AvgIpc) is 2.73. The van der Waals surface area contributed by atoms with Crippen molar-refractivity contribution in [3.05, 3.63) is 23.8 Å². The van der Waals surface area contributed by atoms with E-state index in [0.717, 1.165) is 36.6 Å². The number of carbonyl (C=O) groups is 1. The van der Waals surface area contributed by atoms with E-state index >= 15 is 0 Å². The minimum atomic E-state index is -0.259. The maximum atomic E-state index is 10.8. The van der Waals surface area contributed by atoms with Gasteiger partial charge in [-0.3, -0.25) is 4.79 Å². The molecular formula is C14H17N3O2. The van der Waals surface area contributed by atoms with Gasteiger partial charge in [0.1, 0.15) is 6.29 Å². The molecule has 0 aliphatic heterocycles. The summed E-state index contributed by atoms with van der Waals surface area (Å²) in [6, 6.07) is 5.58. The summed E-state index contributed by atoms with van der Waals surface area (Å²) in [5, 5.41) is 9.80. The number of imidazole rings is 1. The number of rotatable bonds is 2. The van der Waals surface area contributed by atoms with Crippen LogP contribution in [0.4, 0.5) is 5.95 Å². The highest BCUT2D eigenvalue weighted by atomic mass is 16.3. The van der Waals surface area contributed by atoms with Gasteiger partial charge in [0.2, 0.25) is 5.95 Å². The molecule has 1 saturated carbocycles. The molecule has 0 amide bonds. The molecule has 0 bridgehead atoms. The maximum Gasteiger partial charge on any atom is 0.201 e. The first-order valence-electron chi connectivity index (χ1n) is 6.59. The van der Waals surface area contributed by atoms with Crippen LogP contribution in [0.15, 0.2) is 18.2 Å². The van der Waals surface area contributed by atoms with Crippen LogP contribution in [0.5, 0.6) is 0 Å². The molecule has 100 valence electrons. The Kier molecular flexibility index (Phi) is 2.98. The van der Waals surface area contributed by atoms with Crippen LogP contribution in [0.2, 0.25) is 0 Å². The molecule has 1 fully saturated rings. The summed E-state index contributed by atoms with van der Waals surface area (Å²) >= 11 is 0. The number of fused-ring (bicyclic) bond motifs is 1. The Balaban J connectivity index is 2.07. The monoisotopic (exact) mass is 259 g/mol. The molecule has 5 nitrogen and oxygen atoms in total. The number of benzene rings is 1. The molecule has 1 aliphatic rings. The molecule has 1 aromatic carbocycles. The van der Waals surface area contributed by atoms with Crippen LogP contribution in [0.25, 0.3) is 11.0 Å². The van der Waals surface area contributed by atoms with Crippen molar-refractivity contribution in [1.82, 2.24) is 9.55 Å². The molecule has 2 aromatic rings. The van der Waals surface area contributed by atoms with Crippen molar-refractivity contribution < 1.29 is 9.90 Å². The van der Waals surface area contributed by atoms with Gasteiger partial charge in [0.25, 0.3) is 0 Å². The lowest BCUT2D eigenvalue weighted by atomic mass is 9.92. The lowest BCUT2D eigenvalue weighted by molar-refractivity contribution is 0.105. The Bertz CT molecular complexity index is 620. The summed E-state index contributed by atoms with van der Waals surface area (Å²) in [6.07, 6.45) is 4.12. The van der Waals surface area contributed by atoms with E-state index < -0.39 is 0 Å². The normalized spacial score (nSPS) is 23.6. The van der Waals surface area contributed by atoms with E-state index in [1.54, 1.807) is 12.1 Å². The van der Waals surface area contributed by atoms with Crippen LogP contribution in [-0.2, 0) is 0 Å². The van der Waals surface area contributed by atoms with E-state index in [1.807, 2.05) is 10.6 Å². The van der Waals surface area contributed by atoms with Gasteiger partial charge in [-0.2, -0.15) is 0 Å². The predicted octanol–water partition coefficient (Wildman–Crippen LogP) is 1.91. The molecule has 5 heteroatoms. The number of carbonyl (C=O) groups excluding carboxylic acids is 1. The van der Waals surface area contributed by atoms with Gasteiger partial charge in [0.05, 0.1) is 17.1 Å². The van der Waals surface area contributed by atoms with Crippen molar-refractivity contribution in [2.45, 2.75) is 37.8 Å². The number of aliphatic hydroxyl groups excluding tert-OH is 1. The van der Waals surface area contributed by atoms with Crippen molar-refractivity contribution in [1.29, 1.82) is 0 Å². The van der Waals surface area contributed by atoms with Gasteiger partial charge in [-0.1, -0.05) is 0 Å². The minimum absolute atomic E-state index is 0.191. The number of anilines is 1. The second-order valence-electron chi connectivity index (χ2n) is 5.18. The van der Waals surface area contributed by atoms with E-state index in [2.05, 4.69) is 4.98 Å². The average molecular weight is 259 g/mol. The SMILES string of the molecule is Nc1nc2cc(C=O)ccc2n1[C@H]1CCC[C@@H](O)C1. The van der Waals surface area contributed by atoms with Gasteiger partial charge < -0.3 is 15.4 Å². The Morgan fingerprint density at radius 3 is 3.00 bits per heavy atom. The van der Waals surface area contributed by atoms with E-state index in [-0.39, 0.29) is 12.1 Å². The fraction of sp³-hybridized carbons (Fsp3) is 0.429. The third kappa shape index (κ3) is 2.10. The van der Waals surface area contributed by atoms with Crippen LogP contribution < -0.4 is 5.73 Å². The van der Waals surface area contributed by atoms with Crippen molar-refractivity contribution in [3.63, 3.8) is 0 Å². The molecule has 0 unspecified atom stereocenters. The molecule has 3 N–H and O–H groups in total.